The highest BCUT2D eigenvalue weighted by molar-refractivity contribution is 7.86. The number of alkyl halides is 3. The number of carbonyl (C=O) groups is 1. The van der Waals surface area contributed by atoms with Gasteiger partial charge in [0.05, 0.1) is 10.5 Å². The first-order chi connectivity index (χ1) is 11.1. The van der Waals surface area contributed by atoms with E-state index < -0.39 is 34.2 Å². The second-order valence-electron chi connectivity index (χ2n) is 5.03. The number of halogens is 3. The maximum atomic E-state index is 12.5. The first-order valence-corrected chi connectivity index (χ1v) is 8.17. The summed E-state index contributed by atoms with van der Waals surface area (Å²) in [7, 11) is -4.11. The molecule has 2 aromatic rings. The summed E-state index contributed by atoms with van der Waals surface area (Å²) in [6, 6.07) is 9.30. The van der Waals surface area contributed by atoms with Crippen molar-refractivity contribution < 1.29 is 30.6 Å². The Hall–Kier alpha value is -2.19. The predicted molar refractivity (Wildman–Crippen MR) is 80.1 cm³/mol. The first-order valence-electron chi connectivity index (χ1n) is 6.76. The van der Waals surface area contributed by atoms with Crippen molar-refractivity contribution >= 4 is 15.9 Å². The highest BCUT2D eigenvalue weighted by atomic mass is 32.2. The first kappa shape index (κ1) is 18.2. The lowest BCUT2D eigenvalue weighted by Gasteiger charge is -2.08. The van der Waals surface area contributed by atoms with Gasteiger partial charge in [-0.2, -0.15) is 21.6 Å². The molecule has 128 valence electrons. The molecule has 0 aliphatic carbocycles. The third-order valence-electron chi connectivity index (χ3n) is 3.19. The van der Waals surface area contributed by atoms with Crippen molar-refractivity contribution in [2.24, 2.45) is 0 Å². The van der Waals surface area contributed by atoms with Crippen LogP contribution in [0.25, 0.3) is 0 Å². The Balaban J connectivity index is 2.06. The van der Waals surface area contributed by atoms with Gasteiger partial charge in [-0.3, -0.25) is 8.98 Å². The standard InChI is InChI=1S/C16H13F3O4S/c1-11-2-8-14(9-3-11)24(21,22)23-10-15(20)12-4-6-13(7-5-12)16(17,18)19/h2-9H,10H2,1H3. The van der Waals surface area contributed by atoms with Crippen molar-refractivity contribution in [3.63, 3.8) is 0 Å². The molecular formula is C16H13F3O4S. The van der Waals surface area contributed by atoms with E-state index in [1.54, 1.807) is 19.1 Å². The Morgan fingerprint density at radius 2 is 1.54 bits per heavy atom. The maximum absolute atomic E-state index is 12.5. The van der Waals surface area contributed by atoms with Gasteiger partial charge in [0.1, 0.15) is 6.61 Å². The van der Waals surface area contributed by atoms with Crippen LogP contribution in [0.3, 0.4) is 0 Å². The normalized spacial score (nSPS) is 12.2. The van der Waals surface area contributed by atoms with E-state index in [9.17, 15) is 26.4 Å². The molecule has 2 aromatic carbocycles. The molecular weight excluding hydrogens is 345 g/mol. The summed E-state index contributed by atoms with van der Waals surface area (Å²) >= 11 is 0. The zero-order valence-corrected chi connectivity index (χ0v) is 13.3. The molecule has 0 atom stereocenters. The zero-order chi connectivity index (χ0) is 18.0. The van der Waals surface area contributed by atoms with Gasteiger partial charge in [-0.25, -0.2) is 0 Å². The number of hydrogen-bond acceptors (Lipinski definition) is 4. The quantitative estimate of drug-likeness (QED) is 0.605. The molecule has 2 rings (SSSR count). The van der Waals surface area contributed by atoms with E-state index >= 15 is 0 Å². The average molecular weight is 358 g/mol. The van der Waals surface area contributed by atoms with Crippen molar-refractivity contribution in [2.75, 3.05) is 6.61 Å². The third kappa shape index (κ3) is 4.42. The molecule has 0 saturated heterocycles. The number of rotatable bonds is 5. The van der Waals surface area contributed by atoms with Crippen molar-refractivity contribution in [1.29, 1.82) is 0 Å². The van der Waals surface area contributed by atoms with Gasteiger partial charge in [-0.15, -0.1) is 0 Å². The SMILES string of the molecule is Cc1ccc(S(=O)(=O)OCC(=O)c2ccc(C(F)(F)F)cc2)cc1. The molecule has 24 heavy (non-hydrogen) atoms. The number of ketones is 1. The lowest BCUT2D eigenvalue weighted by molar-refractivity contribution is -0.137. The molecule has 0 radical (unpaired) electrons. The summed E-state index contributed by atoms with van der Waals surface area (Å²) in [5, 5.41) is 0. The molecule has 8 heteroatoms. The molecule has 0 bridgehead atoms. The predicted octanol–water partition coefficient (Wildman–Crippen LogP) is 3.60. The smallest absolute Gasteiger partial charge is 0.291 e. The number of Topliss-reactive ketones (excluding diaryl/α,β-unsaturated/α-hetero) is 1. The second kappa shape index (κ2) is 6.74. The van der Waals surface area contributed by atoms with Crippen LogP contribution in [0.5, 0.6) is 0 Å². The minimum absolute atomic E-state index is 0.0675. The molecule has 0 saturated carbocycles. The molecule has 0 aliphatic heterocycles. The van der Waals surface area contributed by atoms with Gasteiger partial charge in [0.15, 0.2) is 5.78 Å². The fourth-order valence-electron chi connectivity index (χ4n) is 1.83. The van der Waals surface area contributed by atoms with E-state index in [-0.39, 0.29) is 10.5 Å². The van der Waals surface area contributed by atoms with Gasteiger partial charge in [-0.05, 0) is 31.2 Å². The van der Waals surface area contributed by atoms with Crippen LogP contribution in [-0.2, 0) is 20.5 Å². The van der Waals surface area contributed by atoms with Gasteiger partial charge in [0.2, 0.25) is 0 Å². The van der Waals surface area contributed by atoms with Crippen LogP contribution in [0.2, 0.25) is 0 Å². The molecule has 0 N–H and O–H groups in total. The molecule has 0 amide bonds. The maximum Gasteiger partial charge on any atom is 0.416 e. The fourth-order valence-corrected chi connectivity index (χ4v) is 2.70. The van der Waals surface area contributed by atoms with E-state index in [0.717, 1.165) is 29.8 Å². The summed E-state index contributed by atoms with van der Waals surface area (Å²) in [5.41, 5.74) is -0.107. The van der Waals surface area contributed by atoms with Gasteiger partial charge in [0, 0.05) is 5.56 Å². The summed E-state index contributed by atoms with van der Waals surface area (Å²) in [6.07, 6.45) is -4.51. The Labute approximate surface area is 137 Å². The molecule has 4 nitrogen and oxygen atoms in total. The fraction of sp³-hybridized carbons (Fsp3) is 0.188. The minimum atomic E-state index is -4.51. The van der Waals surface area contributed by atoms with Crippen LogP contribution < -0.4 is 0 Å². The largest absolute Gasteiger partial charge is 0.416 e. The Morgan fingerprint density at radius 1 is 1.00 bits per heavy atom. The highest BCUT2D eigenvalue weighted by Crippen LogP contribution is 2.29. The summed E-state index contributed by atoms with van der Waals surface area (Å²) < 4.78 is 65.9. The van der Waals surface area contributed by atoms with Crippen molar-refractivity contribution in [2.45, 2.75) is 18.0 Å². The molecule has 0 aromatic heterocycles. The third-order valence-corrected chi connectivity index (χ3v) is 4.47. The van der Waals surface area contributed by atoms with Crippen LogP contribution in [0, 0.1) is 6.92 Å². The number of carbonyl (C=O) groups excluding carboxylic acids is 1. The van der Waals surface area contributed by atoms with E-state index in [1.807, 2.05) is 0 Å². The Kier molecular flexibility index (Phi) is 5.10. The second-order valence-corrected chi connectivity index (χ2v) is 6.64. The van der Waals surface area contributed by atoms with Gasteiger partial charge >= 0.3 is 6.18 Å². The summed E-state index contributed by atoms with van der Waals surface area (Å²) in [5.74, 6) is -0.737. The van der Waals surface area contributed by atoms with Gasteiger partial charge in [0.25, 0.3) is 10.1 Å². The van der Waals surface area contributed by atoms with E-state index in [4.69, 9.17) is 0 Å². The van der Waals surface area contributed by atoms with Crippen molar-refractivity contribution in [3.05, 3.63) is 65.2 Å². The lowest BCUT2D eigenvalue weighted by atomic mass is 10.1. The van der Waals surface area contributed by atoms with Crippen molar-refractivity contribution in [3.8, 4) is 0 Å². The van der Waals surface area contributed by atoms with Crippen LogP contribution in [0.1, 0.15) is 21.5 Å². The molecule has 0 unspecified atom stereocenters. The summed E-state index contributed by atoms with van der Waals surface area (Å²) in [4.78, 5) is 11.8. The monoisotopic (exact) mass is 358 g/mol. The lowest BCUT2D eigenvalue weighted by Crippen LogP contribution is -2.15. The Morgan fingerprint density at radius 3 is 2.04 bits per heavy atom. The van der Waals surface area contributed by atoms with Crippen LogP contribution in [0.4, 0.5) is 13.2 Å². The Bertz CT molecular complexity index is 823. The molecule has 0 aliphatic rings. The van der Waals surface area contributed by atoms with Gasteiger partial charge < -0.3 is 0 Å². The van der Waals surface area contributed by atoms with Gasteiger partial charge in [-0.1, -0.05) is 29.8 Å². The topological polar surface area (TPSA) is 60.4 Å². The molecule has 0 heterocycles. The van der Waals surface area contributed by atoms with Crippen LogP contribution in [-0.4, -0.2) is 20.8 Å². The van der Waals surface area contributed by atoms with E-state index in [1.165, 1.54) is 12.1 Å². The van der Waals surface area contributed by atoms with Crippen LogP contribution in [0.15, 0.2) is 53.4 Å². The number of hydrogen-bond donors (Lipinski definition) is 0. The molecule has 0 spiro atoms. The minimum Gasteiger partial charge on any atom is -0.291 e. The number of benzene rings is 2. The van der Waals surface area contributed by atoms with E-state index in [2.05, 4.69) is 4.18 Å². The van der Waals surface area contributed by atoms with Crippen molar-refractivity contribution in [1.82, 2.24) is 0 Å². The van der Waals surface area contributed by atoms with E-state index in [0.29, 0.717) is 0 Å². The highest BCUT2D eigenvalue weighted by Gasteiger charge is 2.30. The average Bonchev–Trinajstić information content (AvgIpc) is 2.52. The number of aryl methyl sites for hydroxylation is 1. The zero-order valence-electron chi connectivity index (χ0n) is 12.5. The molecule has 0 fully saturated rings. The summed E-state index contributed by atoms with van der Waals surface area (Å²) in [6.45, 7) is 0.993. The van der Waals surface area contributed by atoms with Crippen LogP contribution >= 0.6 is 0 Å².